The van der Waals surface area contributed by atoms with Crippen molar-refractivity contribution in [3.8, 4) is 5.75 Å². The summed E-state index contributed by atoms with van der Waals surface area (Å²) in [5, 5.41) is 10.3. The molecular formula is C15H24O2. The van der Waals surface area contributed by atoms with Crippen molar-refractivity contribution in [3.05, 3.63) is 28.8 Å². The Labute approximate surface area is 105 Å². The van der Waals surface area contributed by atoms with Gasteiger partial charge < -0.3 is 9.84 Å². The van der Waals surface area contributed by atoms with Crippen molar-refractivity contribution in [2.24, 2.45) is 11.8 Å². The molecule has 0 fully saturated rings. The third-order valence-corrected chi connectivity index (χ3v) is 3.58. The monoisotopic (exact) mass is 236 g/mol. The van der Waals surface area contributed by atoms with Crippen molar-refractivity contribution in [1.29, 1.82) is 0 Å². The zero-order chi connectivity index (χ0) is 13.2. The van der Waals surface area contributed by atoms with Crippen LogP contribution >= 0.6 is 0 Å². The summed E-state index contributed by atoms with van der Waals surface area (Å²) in [6, 6.07) is 4.05. The van der Waals surface area contributed by atoms with Gasteiger partial charge in [0.2, 0.25) is 0 Å². The molecule has 2 atom stereocenters. The molecule has 1 aromatic rings. The lowest BCUT2D eigenvalue weighted by Crippen LogP contribution is -2.15. The van der Waals surface area contributed by atoms with E-state index in [1.54, 1.807) is 7.11 Å². The molecule has 0 spiro atoms. The van der Waals surface area contributed by atoms with E-state index < -0.39 is 6.10 Å². The van der Waals surface area contributed by atoms with Crippen LogP contribution in [0.3, 0.4) is 0 Å². The Bertz CT molecular complexity index is 360. The van der Waals surface area contributed by atoms with Gasteiger partial charge in [-0.15, -0.1) is 0 Å². The van der Waals surface area contributed by atoms with Crippen molar-refractivity contribution >= 4 is 0 Å². The predicted octanol–water partition coefficient (Wildman–Crippen LogP) is 3.64. The quantitative estimate of drug-likeness (QED) is 0.865. The summed E-state index contributed by atoms with van der Waals surface area (Å²) in [6.07, 6.45) is -0.404. The number of aryl methyl sites for hydroxylation is 2. The van der Waals surface area contributed by atoms with Crippen LogP contribution in [-0.4, -0.2) is 12.2 Å². The molecule has 17 heavy (non-hydrogen) atoms. The fourth-order valence-electron chi connectivity index (χ4n) is 2.14. The molecule has 2 nitrogen and oxygen atoms in total. The molecule has 2 unspecified atom stereocenters. The van der Waals surface area contributed by atoms with E-state index in [-0.39, 0.29) is 5.92 Å². The molecular weight excluding hydrogens is 212 g/mol. The molecule has 2 heteroatoms. The molecule has 0 radical (unpaired) electrons. The highest BCUT2D eigenvalue weighted by atomic mass is 16.5. The maximum absolute atomic E-state index is 10.3. The summed E-state index contributed by atoms with van der Waals surface area (Å²) in [5.74, 6) is 1.63. The van der Waals surface area contributed by atoms with E-state index in [1.807, 2.05) is 26.0 Å². The van der Waals surface area contributed by atoms with Gasteiger partial charge in [-0.1, -0.05) is 20.8 Å². The maximum Gasteiger partial charge on any atom is 0.124 e. The van der Waals surface area contributed by atoms with Crippen molar-refractivity contribution in [2.45, 2.75) is 40.7 Å². The Kier molecular flexibility index (Phi) is 4.58. The zero-order valence-corrected chi connectivity index (χ0v) is 11.7. The minimum Gasteiger partial charge on any atom is -0.496 e. The van der Waals surface area contributed by atoms with Gasteiger partial charge in [0.15, 0.2) is 0 Å². The first-order valence-electron chi connectivity index (χ1n) is 6.21. The Morgan fingerprint density at radius 1 is 1.06 bits per heavy atom. The van der Waals surface area contributed by atoms with Gasteiger partial charge in [-0.25, -0.2) is 0 Å². The minimum absolute atomic E-state index is 0.252. The second kappa shape index (κ2) is 5.54. The van der Waals surface area contributed by atoms with Gasteiger partial charge in [0.25, 0.3) is 0 Å². The minimum atomic E-state index is -0.404. The van der Waals surface area contributed by atoms with Gasteiger partial charge >= 0.3 is 0 Å². The number of aliphatic hydroxyl groups is 1. The molecule has 0 saturated carbocycles. The topological polar surface area (TPSA) is 29.5 Å². The second-order valence-corrected chi connectivity index (χ2v) is 5.24. The van der Waals surface area contributed by atoms with E-state index in [0.717, 1.165) is 22.4 Å². The Balaban J connectivity index is 3.08. The zero-order valence-electron chi connectivity index (χ0n) is 11.7. The molecule has 0 aliphatic carbocycles. The number of hydrogen-bond acceptors (Lipinski definition) is 2. The van der Waals surface area contributed by atoms with Crippen molar-refractivity contribution in [3.63, 3.8) is 0 Å². The van der Waals surface area contributed by atoms with Crippen LogP contribution in [0.2, 0.25) is 0 Å². The summed E-state index contributed by atoms with van der Waals surface area (Å²) in [6.45, 7) is 10.4. The van der Waals surface area contributed by atoms with E-state index >= 15 is 0 Å². The molecule has 0 bridgehead atoms. The highest BCUT2D eigenvalue weighted by Gasteiger charge is 2.20. The van der Waals surface area contributed by atoms with E-state index in [4.69, 9.17) is 4.74 Å². The van der Waals surface area contributed by atoms with Gasteiger partial charge in [-0.3, -0.25) is 0 Å². The Morgan fingerprint density at radius 2 is 1.53 bits per heavy atom. The van der Waals surface area contributed by atoms with Crippen molar-refractivity contribution in [2.75, 3.05) is 7.11 Å². The SMILES string of the molecule is COc1c(C)cc(C(O)C(C)C(C)C)cc1C. The number of aliphatic hydroxyl groups excluding tert-OH is 1. The van der Waals surface area contributed by atoms with Gasteiger partial charge in [0, 0.05) is 0 Å². The van der Waals surface area contributed by atoms with Crippen LogP contribution in [0.5, 0.6) is 5.75 Å². The molecule has 0 heterocycles. The summed E-state index contributed by atoms with van der Waals surface area (Å²) >= 11 is 0. The first-order chi connectivity index (χ1) is 7.88. The summed E-state index contributed by atoms with van der Waals surface area (Å²) in [5.41, 5.74) is 3.15. The van der Waals surface area contributed by atoms with Gasteiger partial charge in [0.1, 0.15) is 5.75 Å². The highest BCUT2D eigenvalue weighted by Crippen LogP contribution is 2.32. The lowest BCUT2D eigenvalue weighted by atomic mass is 9.87. The second-order valence-electron chi connectivity index (χ2n) is 5.24. The molecule has 0 saturated heterocycles. The number of hydrogen-bond donors (Lipinski definition) is 1. The first-order valence-corrected chi connectivity index (χ1v) is 6.21. The number of rotatable bonds is 4. The third-order valence-electron chi connectivity index (χ3n) is 3.58. The van der Waals surface area contributed by atoms with E-state index in [2.05, 4.69) is 20.8 Å². The van der Waals surface area contributed by atoms with Crippen molar-refractivity contribution < 1.29 is 9.84 Å². The maximum atomic E-state index is 10.3. The van der Waals surface area contributed by atoms with Crippen LogP contribution < -0.4 is 4.74 Å². The lowest BCUT2D eigenvalue weighted by Gasteiger charge is -2.24. The predicted molar refractivity (Wildman–Crippen MR) is 71.4 cm³/mol. The summed E-state index contributed by atoms with van der Waals surface area (Å²) in [7, 11) is 1.68. The van der Waals surface area contributed by atoms with Crippen LogP contribution in [-0.2, 0) is 0 Å². The van der Waals surface area contributed by atoms with E-state index in [1.165, 1.54) is 0 Å². The fraction of sp³-hybridized carbons (Fsp3) is 0.600. The van der Waals surface area contributed by atoms with Gasteiger partial charge in [-0.05, 0) is 54.5 Å². The van der Waals surface area contributed by atoms with Crippen LogP contribution in [0, 0.1) is 25.7 Å². The number of ether oxygens (including phenoxy) is 1. The molecule has 0 aliphatic rings. The van der Waals surface area contributed by atoms with E-state index in [0.29, 0.717) is 5.92 Å². The number of methoxy groups -OCH3 is 1. The first kappa shape index (κ1) is 14.0. The largest absolute Gasteiger partial charge is 0.496 e. The standard InChI is InChI=1S/C15H24O2/c1-9(2)12(5)14(16)13-7-10(3)15(17-6)11(4)8-13/h7-9,12,14,16H,1-6H3. The molecule has 96 valence electrons. The Morgan fingerprint density at radius 3 is 1.88 bits per heavy atom. The average Bonchev–Trinajstić information content (AvgIpc) is 2.26. The summed E-state index contributed by atoms with van der Waals surface area (Å²) in [4.78, 5) is 0. The van der Waals surface area contributed by atoms with Gasteiger partial charge in [0.05, 0.1) is 13.2 Å². The summed E-state index contributed by atoms with van der Waals surface area (Å²) < 4.78 is 5.34. The van der Waals surface area contributed by atoms with Crippen LogP contribution in [0.4, 0.5) is 0 Å². The molecule has 0 aliphatic heterocycles. The third kappa shape index (κ3) is 3.01. The molecule has 1 rings (SSSR count). The average molecular weight is 236 g/mol. The van der Waals surface area contributed by atoms with Gasteiger partial charge in [-0.2, -0.15) is 0 Å². The number of benzene rings is 1. The molecule has 1 aromatic carbocycles. The molecule has 0 aromatic heterocycles. The smallest absolute Gasteiger partial charge is 0.124 e. The fourth-order valence-corrected chi connectivity index (χ4v) is 2.14. The Hall–Kier alpha value is -1.02. The van der Waals surface area contributed by atoms with Crippen LogP contribution in [0.1, 0.15) is 43.6 Å². The molecule has 0 amide bonds. The van der Waals surface area contributed by atoms with E-state index in [9.17, 15) is 5.11 Å². The highest BCUT2D eigenvalue weighted by molar-refractivity contribution is 5.44. The lowest BCUT2D eigenvalue weighted by molar-refractivity contribution is 0.0919. The molecule has 1 N–H and O–H groups in total. The van der Waals surface area contributed by atoms with Crippen LogP contribution in [0.25, 0.3) is 0 Å². The normalized spacial score (nSPS) is 14.8. The van der Waals surface area contributed by atoms with Crippen molar-refractivity contribution in [1.82, 2.24) is 0 Å². The van der Waals surface area contributed by atoms with Crippen LogP contribution in [0.15, 0.2) is 12.1 Å².